The van der Waals surface area contributed by atoms with Crippen LogP contribution in [0, 0.1) is 0 Å². The van der Waals surface area contributed by atoms with Crippen molar-refractivity contribution in [2.75, 3.05) is 19.8 Å². The molecule has 0 spiro atoms. The standard InChI is InChI=1S/C40H39F2NO8/c1-3-49-38(47)40(39(48)50-4-2,31-15-6-5-7-16-31)22-23-51-35(45)25-27-12-10-19-34(30(24-27)26-44)43-37(46)33-18-9-8-17-32(33)28-13-11-14-29(21-20-28)36(41)42/h5-13,15-18,20-21,24,26,36H,3-4,14,19,22-23,25H2,1-2H3,(H,43,46). The van der Waals surface area contributed by atoms with Crippen molar-refractivity contribution in [2.45, 2.75) is 51.4 Å². The molecule has 0 fully saturated rings. The second-order valence-electron chi connectivity index (χ2n) is 11.5. The van der Waals surface area contributed by atoms with Crippen LogP contribution in [0.1, 0.15) is 61.0 Å². The summed E-state index contributed by atoms with van der Waals surface area (Å²) in [4.78, 5) is 65.2. The van der Waals surface area contributed by atoms with Crippen molar-refractivity contribution >= 4 is 35.7 Å². The molecule has 9 nitrogen and oxygen atoms in total. The van der Waals surface area contributed by atoms with E-state index in [0.29, 0.717) is 34.3 Å². The molecule has 0 unspecified atom stereocenters. The van der Waals surface area contributed by atoms with Gasteiger partial charge >= 0.3 is 17.9 Å². The number of benzene rings is 2. The third-order valence-corrected chi connectivity index (χ3v) is 8.23. The van der Waals surface area contributed by atoms with E-state index in [1.54, 1.807) is 98.8 Å². The van der Waals surface area contributed by atoms with Gasteiger partial charge in [-0.15, -0.1) is 0 Å². The summed E-state index contributed by atoms with van der Waals surface area (Å²) in [5.41, 5.74) is 0.684. The molecule has 2 aromatic carbocycles. The number of allylic oxidation sites excluding steroid dienone is 10. The lowest BCUT2D eigenvalue weighted by molar-refractivity contribution is -0.167. The van der Waals surface area contributed by atoms with E-state index in [-0.39, 0.29) is 62.2 Å². The number of alkyl halides is 2. The van der Waals surface area contributed by atoms with E-state index in [2.05, 4.69) is 5.32 Å². The largest absolute Gasteiger partial charge is 0.465 e. The Morgan fingerprint density at radius 2 is 1.53 bits per heavy atom. The second kappa shape index (κ2) is 18.3. The molecule has 0 atom stereocenters. The SMILES string of the molecule is CCOC(=O)C(CCOC(=O)CC1=CC(C=O)=C(NC(=O)c2ccccc2C2=CC=C(C(F)F)CC=C2)CC=C1)(C(=O)OCC)c1ccccc1. The van der Waals surface area contributed by atoms with Crippen LogP contribution in [0.5, 0.6) is 0 Å². The maximum absolute atomic E-state index is 13.5. The number of aldehydes is 1. The van der Waals surface area contributed by atoms with Crippen molar-refractivity contribution in [3.63, 3.8) is 0 Å². The third-order valence-electron chi connectivity index (χ3n) is 8.23. The second-order valence-corrected chi connectivity index (χ2v) is 11.5. The van der Waals surface area contributed by atoms with Gasteiger partial charge in [-0.2, -0.15) is 0 Å². The number of esters is 3. The lowest BCUT2D eigenvalue weighted by Gasteiger charge is -2.29. The van der Waals surface area contributed by atoms with Gasteiger partial charge in [0.1, 0.15) is 0 Å². The third kappa shape index (κ3) is 9.50. The van der Waals surface area contributed by atoms with Crippen LogP contribution in [0.3, 0.4) is 0 Å². The first-order chi connectivity index (χ1) is 24.6. The number of hydrogen-bond acceptors (Lipinski definition) is 8. The smallest absolute Gasteiger partial charge is 0.328 e. The lowest BCUT2D eigenvalue weighted by atomic mass is 9.77. The molecular weight excluding hydrogens is 660 g/mol. The Kier molecular flexibility index (Phi) is 13.7. The van der Waals surface area contributed by atoms with Gasteiger partial charge < -0.3 is 19.5 Å². The monoisotopic (exact) mass is 699 g/mol. The van der Waals surface area contributed by atoms with Crippen molar-refractivity contribution < 1.29 is 47.0 Å². The molecule has 0 radical (unpaired) electrons. The maximum atomic E-state index is 13.5. The van der Waals surface area contributed by atoms with Crippen molar-refractivity contribution in [1.82, 2.24) is 5.32 Å². The van der Waals surface area contributed by atoms with Crippen LogP contribution in [-0.2, 0) is 38.8 Å². The number of amides is 1. The summed E-state index contributed by atoms with van der Waals surface area (Å²) in [6.45, 7) is 2.96. The fraction of sp³-hybridized carbons (Fsp3) is 0.275. The average molecular weight is 700 g/mol. The van der Waals surface area contributed by atoms with Crippen molar-refractivity contribution in [3.05, 3.63) is 136 Å². The summed E-state index contributed by atoms with van der Waals surface area (Å²) in [5, 5.41) is 2.80. The molecule has 2 aliphatic carbocycles. The number of rotatable bonds is 15. The van der Waals surface area contributed by atoms with Crippen LogP contribution in [0.25, 0.3) is 5.57 Å². The van der Waals surface area contributed by atoms with Crippen LogP contribution in [0.2, 0.25) is 0 Å². The van der Waals surface area contributed by atoms with Crippen molar-refractivity contribution in [1.29, 1.82) is 0 Å². The molecule has 0 aliphatic heterocycles. The fourth-order valence-electron chi connectivity index (χ4n) is 5.67. The van der Waals surface area contributed by atoms with E-state index in [4.69, 9.17) is 14.2 Å². The van der Waals surface area contributed by atoms with E-state index in [9.17, 15) is 32.8 Å². The molecule has 0 saturated heterocycles. The predicted octanol–water partition coefficient (Wildman–Crippen LogP) is 6.68. The summed E-state index contributed by atoms with van der Waals surface area (Å²) >= 11 is 0. The first-order valence-electron chi connectivity index (χ1n) is 16.5. The van der Waals surface area contributed by atoms with Gasteiger partial charge in [0.05, 0.1) is 26.2 Å². The minimum absolute atomic E-state index is 0.0198. The van der Waals surface area contributed by atoms with Gasteiger partial charge in [0.2, 0.25) is 0 Å². The zero-order chi connectivity index (χ0) is 36.8. The number of halogens is 2. The Bertz CT molecular complexity index is 1800. The van der Waals surface area contributed by atoms with Crippen molar-refractivity contribution in [3.8, 4) is 0 Å². The van der Waals surface area contributed by atoms with E-state index in [1.807, 2.05) is 0 Å². The van der Waals surface area contributed by atoms with Crippen LogP contribution in [-0.4, -0.2) is 56.3 Å². The molecule has 0 saturated carbocycles. The minimum Gasteiger partial charge on any atom is -0.465 e. The quantitative estimate of drug-likeness (QED) is 0.0946. The van der Waals surface area contributed by atoms with E-state index < -0.39 is 35.7 Å². The molecule has 0 heterocycles. The number of carbonyl (C=O) groups excluding carboxylic acids is 5. The highest BCUT2D eigenvalue weighted by molar-refractivity contribution is 6.06. The highest BCUT2D eigenvalue weighted by Gasteiger charge is 2.50. The molecule has 266 valence electrons. The molecule has 4 rings (SSSR count). The zero-order valence-electron chi connectivity index (χ0n) is 28.4. The fourth-order valence-corrected chi connectivity index (χ4v) is 5.67. The van der Waals surface area contributed by atoms with Crippen LogP contribution in [0.4, 0.5) is 8.78 Å². The molecule has 11 heteroatoms. The van der Waals surface area contributed by atoms with Gasteiger partial charge in [-0.3, -0.25) is 24.0 Å². The normalized spacial score (nSPS) is 14.4. The van der Waals surface area contributed by atoms with Crippen molar-refractivity contribution in [2.24, 2.45) is 0 Å². The van der Waals surface area contributed by atoms with E-state index >= 15 is 0 Å². The Morgan fingerprint density at radius 1 is 0.863 bits per heavy atom. The van der Waals surface area contributed by atoms with Gasteiger partial charge in [-0.05, 0) is 60.3 Å². The average Bonchev–Trinajstić information content (AvgIpc) is 3.49. The summed E-state index contributed by atoms with van der Waals surface area (Å²) in [7, 11) is 0. The first kappa shape index (κ1) is 38.1. The molecular formula is C40H39F2NO8. The Balaban J connectivity index is 1.49. The van der Waals surface area contributed by atoms with Crippen LogP contribution < -0.4 is 5.32 Å². The van der Waals surface area contributed by atoms with Gasteiger partial charge in [0, 0.05) is 29.7 Å². The van der Waals surface area contributed by atoms with Gasteiger partial charge in [-0.25, -0.2) is 8.78 Å². The molecule has 1 N–H and O–H groups in total. The predicted molar refractivity (Wildman–Crippen MR) is 186 cm³/mol. The summed E-state index contributed by atoms with van der Waals surface area (Å²) in [6, 6.07) is 15.0. The molecule has 2 aromatic rings. The van der Waals surface area contributed by atoms with Crippen LogP contribution >= 0.6 is 0 Å². The highest BCUT2D eigenvalue weighted by Crippen LogP contribution is 2.32. The highest BCUT2D eigenvalue weighted by atomic mass is 19.3. The number of carbonyl (C=O) groups is 5. The first-order valence-corrected chi connectivity index (χ1v) is 16.5. The van der Waals surface area contributed by atoms with E-state index in [0.717, 1.165) is 0 Å². The number of hydrogen-bond donors (Lipinski definition) is 1. The molecule has 0 aromatic heterocycles. The molecule has 1 amide bonds. The molecule has 0 bridgehead atoms. The number of ether oxygens (including phenoxy) is 3. The number of nitrogens with one attached hydrogen (secondary N) is 1. The van der Waals surface area contributed by atoms with Crippen LogP contribution in [0.15, 0.2) is 120 Å². The Morgan fingerprint density at radius 3 is 2.20 bits per heavy atom. The summed E-state index contributed by atoms with van der Waals surface area (Å²) in [5.74, 6) is -2.83. The zero-order valence-corrected chi connectivity index (χ0v) is 28.4. The lowest BCUT2D eigenvalue weighted by Crippen LogP contribution is -2.47. The van der Waals surface area contributed by atoms with Gasteiger partial charge in [-0.1, -0.05) is 85.0 Å². The maximum Gasteiger partial charge on any atom is 0.328 e. The minimum atomic E-state index is -2.59. The molecule has 2 aliphatic rings. The van der Waals surface area contributed by atoms with Gasteiger partial charge in [0.15, 0.2) is 11.7 Å². The Labute approximate surface area is 295 Å². The topological polar surface area (TPSA) is 125 Å². The molecule has 51 heavy (non-hydrogen) atoms. The summed E-state index contributed by atoms with van der Waals surface area (Å²) < 4.78 is 42.5. The van der Waals surface area contributed by atoms with Gasteiger partial charge in [0.25, 0.3) is 12.3 Å². The summed E-state index contributed by atoms with van der Waals surface area (Å²) in [6.07, 6.45) is 8.75. The Hall–Kier alpha value is -5.71. The van der Waals surface area contributed by atoms with E-state index in [1.165, 1.54) is 12.2 Å².